The lowest BCUT2D eigenvalue weighted by atomic mass is 10.9. The zero-order chi connectivity index (χ0) is 16.0. The van der Waals surface area contributed by atoms with Gasteiger partial charge in [-0.2, -0.15) is 0 Å². The number of carbonyl (C=O) groups is 3. The molecule has 0 aliphatic carbocycles. The monoisotopic (exact) mass is 338 g/mol. The molecular formula is C10H22O7Si3. The maximum Gasteiger partial charge on any atom is 0.695 e. The standard InChI is InChI=1S/C10H22O7Si3/c1-6-19(7-2,17-18)20(14-8(3)11,15-9(4)12)16-10(5)13/h6-7H2,1-5,18H3. The number of hydrogen-bond acceptors (Lipinski definition) is 7. The van der Waals surface area contributed by atoms with Gasteiger partial charge in [-0.1, -0.05) is 13.8 Å². The van der Waals surface area contributed by atoms with E-state index in [1.54, 1.807) is 0 Å². The minimum atomic E-state index is -3.86. The Labute approximate surface area is 123 Å². The predicted octanol–water partition coefficient (Wildman–Crippen LogP) is -0.0247. The minimum Gasteiger partial charge on any atom is -0.458 e. The van der Waals surface area contributed by atoms with Gasteiger partial charge in [-0.15, -0.1) is 0 Å². The van der Waals surface area contributed by atoms with E-state index in [2.05, 4.69) is 0 Å². The minimum absolute atomic E-state index is 0.370. The van der Waals surface area contributed by atoms with E-state index in [0.29, 0.717) is 22.6 Å². The van der Waals surface area contributed by atoms with Gasteiger partial charge in [0.25, 0.3) is 17.9 Å². The van der Waals surface area contributed by atoms with Crippen molar-refractivity contribution in [3.8, 4) is 0 Å². The molecule has 0 aromatic heterocycles. The second-order valence-corrected chi connectivity index (χ2v) is 15.6. The molecule has 0 aromatic rings. The van der Waals surface area contributed by atoms with Crippen LogP contribution in [0.2, 0.25) is 12.1 Å². The van der Waals surface area contributed by atoms with Gasteiger partial charge >= 0.3 is 16.2 Å². The zero-order valence-electron chi connectivity index (χ0n) is 12.8. The Morgan fingerprint density at radius 3 is 1.30 bits per heavy atom. The number of carbonyl (C=O) groups excluding carboxylic acids is 3. The first-order chi connectivity index (χ1) is 9.18. The van der Waals surface area contributed by atoms with Gasteiger partial charge in [0.1, 0.15) is 10.5 Å². The first-order valence-corrected chi connectivity index (χ1v) is 12.2. The molecule has 0 N–H and O–H groups in total. The van der Waals surface area contributed by atoms with Crippen molar-refractivity contribution < 1.29 is 31.8 Å². The first-order valence-electron chi connectivity index (χ1n) is 6.32. The van der Waals surface area contributed by atoms with E-state index in [-0.39, 0.29) is 0 Å². The molecule has 0 radical (unpaired) electrons. The van der Waals surface area contributed by atoms with Crippen LogP contribution in [0.25, 0.3) is 0 Å². The Morgan fingerprint density at radius 1 is 0.850 bits per heavy atom. The highest BCUT2D eigenvalue weighted by Gasteiger charge is 2.70. The molecule has 0 atom stereocenters. The van der Waals surface area contributed by atoms with E-state index in [4.69, 9.17) is 17.4 Å². The van der Waals surface area contributed by atoms with Gasteiger partial charge < -0.3 is 17.4 Å². The third kappa shape index (κ3) is 4.26. The maximum absolute atomic E-state index is 11.4. The molecule has 0 heterocycles. The summed E-state index contributed by atoms with van der Waals surface area (Å²) in [5.41, 5.74) is 0. The van der Waals surface area contributed by atoms with E-state index < -0.39 is 34.1 Å². The lowest BCUT2D eigenvalue weighted by Crippen LogP contribution is -2.71. The highest BCUT2D eigenvalue weighted by Crippen LogP contribution is 2.31. The SMILES string of the molecule is CC[Si](CC)(O[SiH3])[Si](OC(C)=O)(OC(C)=O)OC(C)=O. The summed E-state index contributed by atoms with van der Waals surface area (Å²) in [6.45, 7) is 7.27. The third-order valence-corrected chi connectivity index (χ3v) is 19.3. The van der Waals surface area contributed by atoms with Crippen molar-refractivity contribution in [2.24, 2.45) is 0 Å². The Kier molecular flexibility index (Phi) is 7.33. The van der Waals surface area contributed by atoms with Crippen molar-refractivity contribution in [1.29, 1.82) is 0 Å². The normalized spacial score (nSPS) is 11.8. The molecule has 0 aliphatic rings. The van der Waals surface area contributed by atoms with Crippen LogP contribution in [0.4, 0.5) is 0 Å². The van der Waals surface area contributed by atoms with Gasteiger partial charge in [0.15, 0.2) is 0 Å². The van der Waals surface area contributed by atoms with Crippen LogP contribution in [0.1, 0.15) is 34.6 Å². The molecule has 20 heavy (non-hydrogen) atoms. The van der Waals surface area contributed by atoms with Gasteiger partial charge in [0.05, 0.1) is 0 Å². The van der Waals surface area contributed by atoms with Crippen LogP contribution in [0.15, 0.2) is 0 Å². The van der Waals surface area contributed by atoms with Crippen molar-refractivity contribution in [3.63, 3.8) is 0 Å². The van der Waals surface area contributed by atoms with Gasteiger partial charge in [0.2, 0.25) is 0 Å². The fourth-order valence-electron chi connectivity index (χ4n) is 2.01. The highest BCUT2D eigenvalue weighted by molar-refractivity contribution is 7.33. The lowest BCUT2D eigenvalue weighted by molar-refractivity contribution is -0.146. The molecule has 0 rings (SSSR count). The second kappa shape index (κ2) is 7.71. The second-order valence-electron chi connectivity index (χ2n) is 4.24. The van der Waals surface area contributed by atoms with Gasteiger partial charge in [0, 0.05) is 20.8 Å². The Balaban J connectivity index is 5.96. The maximum atomic E-state index is 11.4. The molecule has 0 saturated carbocycles. The van der Waals surface area contributed by atoms with Crippen LogP contribution in [0.3, 0.4) is 0 Å². The van der Waals surface area contributed by atoms with Crippen LogP contribution < -0.4 is 0 Å². The van der Waals surface area contributed by atoms with Crippen LogP contribution in [0, 0.1) is 0 Å². The summed E-state index contributed by atoms with van der Waals surface area (Å²) in [5.74, 6) is -1.97. The van der Waals surface area contributed by atoms with Crippen molar-refractivity contribution in [3.05, 3.63) is 0 Å². The molecule has 7 nitrogen and oxygen atoms in total. The van der Waals surface area contributed by atoms with Crippen LogP contribution in [0.5, 0.6) is 0 Å². The van der Waals surface area contributed by atoms with E-state index in [0.717, 1.165) is 0 Å². The van der Waals surface area contributed by atoms with E-state index in [1.165, 1.54) is 20.8 Å². The molecule has 10 heteroatoms. The van der Waals surface area contributed by atoms with Crippen LogP contribution in [-0.4, -0.2) is 44.6 Å². The quantitative estimate of drug-likeness (QED) is 0.603. The molecule has 0 spiro atoms. The summed E-state index contributed by atoms with van der Waals surface area (Å²) in [7, 11) is -6.31. The third-order valence-electron chi connectivity index (χ3n) is 2.93. The molecule has 0 unspecified atom stereocenters. The van der Waals surface area contributed by atoms with E-state index >= 15 is 0 Å². The highest BCUT2D eigenvalue weighted by atomic mass is 29.3. The first kappa shape index (κ1) is 19.0. The topological polar surface area (TPSA) is 88.1 Å². The van der Waals surface area contributed by atoms with Crippen molar-refractivity contribution in [2.75, 3.05) is 0 Å². The fraction of sp³-hybridized carbons (Fsp3) is 0.700. The summed E-state index contributed by atoms with van der Waals surface area (Å²) in [6, 6.07) is 1.04. The summed E-state index contributed by atoms with van der Waals surface area (Å²) in [4.78, 5) is 34.3. The Morgan fingerprint density at radius 2 is 1.15 bits per heavy atom. The molecule has 0 amide bonds. The largest absolute Gasteiger partial charge is 0.695 e. The Bertz CT molecular complexity index is 332. The predicted molar refractivity (Wildman–Crippen MR) is 78.8 cm³/mol. The molecular weight excluding hydrogens is 316 g/mol. The van der Waals surface area contributed by atoms with Crippen molar-refractivity contribution in [2.45, 2.75) is 46.7 Å². The smallest absolute Gasteiger partial charge is 0.458 e. The number of rotatable bonds is 7. The summed E-state index contributed by atoms with van der Waals surface area (Å²) in [6.07, 6.45) is 0. The average Bonchev–Trinajstić information content (AvgIpc) is 2.28. The van der Waals surface area contributed by atoms with Crippen LogP contribution in [-0.2, 0) is 31.8 Å². The molecule has 0 fully saturated rings. The molecule has 0 saturated heterocycles. The van der Waals surface area contributed by atoms with Gasteiger partial charge in [-0.3, -0.25) is 14.4 Å². The molecule has 0 aromatic carbocycles. The summed E-state index contributed by atoms with van der Waals surface area (Å²) in [5, 5.41) is 0. The zero-order valence-corrected chi connectivity index (χ0v) is 16.8. The number of hydrogen-bond donors (Lipinski definition) is 0. The molecule has 0 bridgehead atoms. The van der Waals surface area contributed by atoms with Gasteiger partial charge in [-0.25, -0.2) is 0 Å². The lowest BCUT2D eigenvalue weighted by Gasteiger charge is -2.38. The van der Waals surface area contributed by atoms with Crippen molar-refractivity contribution >= 4 is 44.6 Å². The Hall–Kier alpha value is -0.979. The van der Waals surface area contributed by atoms with E-state index in [1.807, 2.05) is 13.8 Å². The van der Waals surface area contributed by atoms with Crippen molar-refractivity contribution in [1.82, 2.24) is 0 Å². The average molecular weight is 339 g/mol. The van der Waals surface area contributed by atoms with Gasteiger partial charge in [-0.05, 0) is 12.1 Å². The molecule has 116 valence electrons. The fourth-order valence-corrected chi connectivity index (χ4v) is 16.3. The van der Waals surface area contributed by atoms with E-state index in [9.17, 15) is 14.4 Å². The summed E-state index contributed by atoms with van der Waals surface area (Å²) >= 11 is 0. The summed E-state index contributed by atoms with van der Waals surface area (Å²) < 4.78 is 21.5. The molecule has 0 aliphatic heterocycles. The van der Waals surface area contributed by atoms with Crippen LogP contribution >= 0.6 is 0 Å².